The number of hydrogen-bond acceptors (Lipinski definition) is 10. The Balaban J connectivity index is 0.000000365. The van der Waals surface area contributed by atoms with Crippen molar-refractivity contribution in [3.05, 3.63) is 53.5 Å². The third kappa shape index (κ3) is 12.0. The van der Waals surface area contributed by atoms with Gasteiger partial charge in [-0.1, -0.05) is 13.8 Å². The molecule has 0 saturated carbocycles. The van der Waals surface area contributed by atoms with Gasteiger partial charge in [-0.25, -0.2) is 14.2 Å². The van der Waals surface area contributed by atoms with E-state index in [1.807, 2.05) is 60.6 Å². The van der Waals surface area contributed by atoms with Gasteiger partial charge in [0.1, 0.15) is 17.4 Å². The zero-order valence-electron chi connectivity index (χ0n) is 31.7. The maximum atomic E-state index is 12.3. The van der Waals surface area contributed by atoms with Gasteiger partial charge in [-0.05, 0) is 96.2 Å². The summed E-state index contributed by atoms with van der Waals surface area (Å²) < 4.78 is 71.8. The third-order valence-electron chi connectivity index (χ3n) is 9.39. The monoisotopic (exact) mass is 739 g/mol. The van der Waals surface area contributed by atoms with Gasteiger partial charge in [0.05, 0.1) is 17.8 Å². The van der Waals surface area contributed by atoms with Crippen LogP contribution in [0.5, 0.6) is 0 Å². The van der Waals surface area contributed by atoms with Crippen molar-refractivity contribution in [2.75, 3.05) is 69.6 Å². The summed E-state index contributed by atoms with van der Waals surface area (Å²) in [5, 5.41) is 0. The van der Waals surface area contributed by atoms with Crippen LogP contribution >= 0.6 is 0 Å². The number of piperazine rings is 1. The summed E-state index contributed by atoms with van der Waals surface area (Å²) in [7, 11) is 0. The number of carbonyl (C=O) groups excluding carboxylic acids is 1. The minimum Gasteiger partial charge on any atom is -0.456 e. The van der Waals surface area contributed by atoms with Gasteiger partial charge in [-0.3, -0.25) is 4.90 Å². The molecule has 292 valence electrons. The van der Waals surface area contributed by atoms with Gasteiger partial charge in [0.2, 0.25) is 0 Å². The van der Waals surface area contributed by atoms with E-state index in [-0.39, 0.29) is 24.3 Å². The molecule has 4 fully saturated rings. The largest absolute Gasteiger partial charge is 0.456 e. The van der Waals surface area contributed by atoms with Gasteiger partial charge in [0.15, 0.2) is 17.4 Å². The molecule has 0 spiro atoms. The zero-order chi connectivity index (χ0) is 38.3. The summed E-state index contributed by atoms with van der Waals surface area (Å²) in [6.45, 7) is 23.1. The number of alkyl halides is 3. The number of halogens is 4. The topological polar surface area (TPSA) is 103 Å². The van der Waals surface area contributed by atoms with Gasteiger partial charge in [-0.2, -0.15) is 13.2 Å². The first-order valence-corrected chi connectivity index (χ1v) is 18.5. The number of benzene rings is 1. The predicted octanol–water partition coefficient (Wildman–Crippen LogP) is 6.63. The number of anilines is 2. The van der Waals surface area contributed by atoms with E-state index in [0.29, 0.717) is 17.7 Å². The average Bonchev–Trinajstić information content (AvgIpc) is 3.42. The smallest absolute Gasteiger partial charge is 0.433 e. The van der Waals surface area contributed by atoms with Crippen LogP contribution in [0.15, 0.2) is 36.4 Å². The maximum Gasteiger partial charge on any atom is 0.433 e. The molecule has 0 bridgehead atoms. The van der Waals surface area contributed by atoms with E-state index < -0.39 is 34.9 Å². The molecule has 6 rings (SSSR count). The van der Waals surface area contributed by atoms with E-state index in [2.05, 4.69) is 31.8 Å². The van der Waals surface area contributed by atoms with Crippen LogP contribution in [-0.2, 0) is 25.1 Å². The molecule has 0 aliphatic carbocycles. The van der Waals surface area contributed by atoms with Gasteiger partial charge in [0.25, 0.3) is 0 Å². The van der Waals surface area contributed by atoms with Crippen LogP contribution in [0.25, 0.3) is 0 Å². The lowest BCUT2D eigenvalue weighted by atomic mass is 9.95. The number of carbonyl (C=O) groups is 1. The fourth-order valence-corrected chi connectivity index (χ4v) is 6.90. The Hall–Kier alpha value is -3.04. The Morgan fingerprint density at radius 1 is 0.904 bits per heavy atom. The fraction of sp³-hybridized carbons (Fsp3) is 0.684. The van der Waals surface area contributed by atoms with Crippen molar-refractivity contribution in [1.82, 2.24) is 14.8 Å². The van der Waals surface area contributed by atoms with E-state index in [4.69, 9.17) is 24.7 Å². The molecule has 2 aromatic rings. The Morgan fingerprint density at radius 2 is 1.50 bits per heavy atom. The third-order valence-corrected chi connectivity index (χ3v) is 9.39. The summed E-state index contributed by atoms with van der Waals surface area (Å²) in [4.78, 5) is 22.8. The molecule has 0 radical (unpaired) electrons. The average molecular weight is 740 g/mol. The molecule has 5 heterocycles. The number of piperidine rings is 1. The van der Waals surface area contributed by atoms with Crippen molar-refractivity contribution in [1.29, 1.82) is 0 Å². The number of esters is 1. The highest BCUT2D eigenvalue weighted by Gasteiger charge is 2.48. The zero-order valence-corrected chi connectivity index (χ0v) is 31.7. The molecule has 3 unspecified atom stereocenters. The molecule has 10 nitrogen and oxygen atoms in total. The van der Waals surface area contributed by atoms with Crippen LogP contribution in [0.1, 0.15) is 83.8 Å². The van der Waals surface area contributed by atoms with Crippen molar-refractivity contribution < 1.29 is 41.3 Å². The van der Waals surface area contributed by atoms with Crippen LogP contribution in [-0.4, -0.2) is 109 Å². The minimum atomic E-state index is -4.58. The number of fused-ring (bicyclic) bond motifs is 1. The molecule has 52 heavy (non-hydrogen) atoms. The molecular weight excluding hydrogens is 682 g/mol. The van der Waals surface area contributed by atoms with Gasteiger partial charge >= 0.3 is 12.1 Å². The standard InChI is InChI=1S/C30H47N3O5.C6H4F4N2.C2H6/c1-29(2,3)38-28(34)23-6-8-24(9-7-23)33-13-10-22(11-14-33)20-31-15-17-32(18-16-31)21-26-27-25(12-19-35-26)36-30(4,5)37-27;7-3-1-2-4(6(8,9)10)12-5(3)11;1-2/h6-9,22,25-27H,10-21H2,1-5H3;1-2H,(H2,11,12);1-2H3. The van der Waals surface area contributed by atoms with Crippen molar-refractivity contribution in [2.24, 2.45) is 5.92 Å². The highest BCUT2D eigenvalue weighted by molar-refractivity contribution is 5.90. The Labute approximate surface area is 305 Å². The molecule has 4 aliphatic heterocycles. The summed E-state index contributed by atoms with van der Waals surface area (Å²) in [6, 6.07) is 9.05. The molecule has 1 aromatic carbocycles. The molecule has 1 aromatic heterocycles. The molecule has 4 aliphatic rings. The SMILES string of the molecule is CC.CC(C)(C)OC(=O)c1ccc(N2CCC(CN3CCN(CC4OCCC5OC(C)(C)OC45)CC3)CC2)cc1.Nc1nc(C(F)(F)F)ccc1F. The number of nitrogen functional groups attached to an aromatic ring is 1. The van der Waals surface area contributed by atoms with Crippen LogP contribution in [0.4, 0.5) is 29.1 Å². The second-order valence-electron chi connectivity index (χ2n) is 15.0. The van der Waals surface area contributed by atoms with Crippen molar-refractivity contribution >= 4 is 17.5 Å². The number of ether oxygens (including phenoxy) is 4. The Kier molecular flexibility index (Phi) is 14.3. The summed E-state index contributed by atoms with van der Waals surface area (Å²) in [5.74, 6) is -1.72. The Bertz CT molecular complexity index is 1420. The first-order valence-electron chi connectivity index (χ1n) is 18.5. The van der Waals surface area contributed by atoms with E-state index >= 15 is 0 Å². The number of pyridine rings is 1. The second kappa shape index (κ2) is 17.9. The first kappa shape index (κ1) is 41.7. The quantitative estimate of drug-likeness (QED) is 0.257. The van der Waals surface area contributed by atoms with Gasteiger partial charge in [-0.15, -0.1) is 0 Å². The Morgan fingerprint density at radius 3 is 2.06 bits per heavy atom. The van der Waals surface area contributed by atoms with Crippen LogP contribution in [0.3, 0.4) is 0 Å². The number of hydrogen-bond donors (Lipinski definition) is 1. The summed E-state index contributed by atoms with van der Waals surface area (Å²) >= 11 is 0. The van der Waals surface area contributed by atoms with Crippen LogP contribution < -0.4 is 10.6 Å². The first-order chi connectivity index (χ1) is 24.5. The lowest BCUT2D eigenvalue weighted by molar-refractivity contribution is -0.156. The van der Waals surface area contributed by atoms with E-state index in [9.17, 15) is 22.4 Å². The van der Waals surface area contributed by atoms with Gasteiger partial charge in [0, 0.05) is 64.7 Å². The predicted molar refractivity (Wildman–Crippen MR) is 193 cm³/mol. The molecule has 4 saturated heterocycles. The van der Waals surface area contributed by atoms with E-state index in [1.54, 1.807) is 0 Å². The number of aromatic nitrogens is 1. The summed E-state index contributed by atoms with van der Waals surface area (Å²) in [6.07, 6.45) is -0.921. The van der Waals surface area contributed by atoms with Crippen LogP contribution in [0.2, 0.25) is 0 Å². The second-order valence-corrected chi connectivity index (χ2v) is 15.0. The van der Waals surface area contributed by atoms with Crippen molar-refractivity contribution in [3.63, 3.8) is 0 Å². The van der Waals surface area contributed by atoms with Gasteiger partial charge < -0.3 is 34.5 Å². The van der Waals surface area contributed by atoms with Crippen molar-refractivity contribution in [3.8, 4) is 0 Å². The van der Waals surface area contributed by atoms with E-state index in [0.717, 1.165) is 64.8 Å². The molecule has 2 N–H and O–H groups in total. The number of nitrogens with zero attached hydrogens (tertiary/aromatic N) is 4. The molecular formula is C38H57F4N5O5. The molecule has 14 heteroatoms. The van der Waals surface area contributed by atoms with E-state index in [1.165, 1.54) is 25.1 Å². The number of rotatable bonds is 6. The highest BCUT2D eigenvalue weighted by atomic mass is 19.4. The lowest BCUT2D eigenvalue weighted by Gasteiger charge is -2.41. The number of nitrogens with two attached hydrogens (primary N) is 1. The molecule has 3 atom stereocenters. The highest BCUT2D eigenvalue weighted by Crippen LogP contribution is 2.35. The minimum absolute atomic E-state index is 0.0514. The molecule has 0 amide bonds. The fourth-order valence-electron chi connectivity index (χ4n) is 6.90. The van der Waals surface area contributed by atoms with Crippen LogP contribution in [0, 0.1) is 11.7 Å². The summed E-state index contributed by atoms with van der Waals surface area (Å²) in [5.41, 5.74) is 4.96. The lowest BCUT2D eigenvalue weighted by Crippen LogP contribution is -2.54. The maximum absolute atomic E-state index is 12.3. The normalized spacial score (nSPS) is 24.2. The van der Waals surface area contributed by atoms with Crippen molar-refractivity contribution in [2.45, 2.75) is 104 Å².